The number of nitrogens with one attached hydrogen (secondary N) is 1. The van der Waals surface area contributed by atoms with Gasteiger partial charge in [-0.2, -0.15) is 31.9 Å². The second-order valence-corrected chi connectivity index (χ2v) is 12.6. The summed E-state index contributed by atoms with van der Waals surface area (Å²) in [6.45, 7) is 1.24. The molecule has 46 heavy (non-hydrogen) atoms. The molecule has 4 fully saturated rings. The van der Waals surface area contributed by atoms with E-state index in [0.29, 0.717) is 38.4 Å². The summed E-state index contributed by atoms with van der Waals surface area (Å²) < 4.78 is 120. The Labute approximate surface area is 257 Å². The zero-order valence-electron chi connectivity index (χ0n) is 24.3. The minimum atomic E-state index is -5.23. The highest BCUT2D eigenvalue weighted by molar-refractivity contribution is 5.93. The lowest BCUT2D eigenvalue weighted by atomic mass is 9.95. The third-order valence-corrected chi connectivity index (χ3v) is 9.56. The van der Waals surface area contributed by atoms with Gasteiger partial charge in [0, 0.05) is 55.2 Å². The minimum Gasteiger partial charge on any atom is -0.461 e. The van der Waals surface area contributed by atoms with E-state index in [-0.39, 0.29) is 49.4 Å². The molecule has 2 bridgehead atoms. The van der Waals surface area contributed by atoms with Crippen LogP contribution in [0.15, 0.2) is 30.4 Å². The summed E-state index contributed by atoms with van der Waals surface area (Å²) >= 11 is 0. The molecule has 4 aliphatic rings. The summed E-state index contributed by atoms with van der Waals surface area (Å²) in [4.78, 5) is 16.1. The topological polar surface area (TPSA) is 92.4 Å². The fraction of sp³-hybridized carbons (Fsp3) is 0.500. The van der Waals surface area contributed by atoms with Crippen molar-refractivity contribution < 1.29 is 39.9 Å². The van der Waals surface area contributed by atoms with Crippen molar-refractivity contribution in [2.24, 2.45) is 0 Å². The van der Waals surface area contributed by atoms with E-state index >= 15 is 4.39 Å². The largest absolute Gasteiger partial charge is 0.461 e. The fourth-order valence-corrected chi connectivity index (χ4v) is 7.70. The van der Waals surface area contributed by atoms with Crippen LogP contribution in [-0.4, -0.2) is 75.9 Å². The normalized spacial score (nSPS) is 27.8. The molecule has 1 unspecified atom stereocenters. The molecular weight excluding hydrogens is 626 g/mol. The molecule has 246 valence electrons. The number of piperazine rings is 1. The van der Waals surface area contributed by atoms with E-state index in [1.807, 2.05) is 4.90 Å². The number of fused-ring (bicyclic) bond motifs is 4. The maximum atomic E-state index is 16.4. The molecule has 4 saturated heterocycles. The van der Waals surface area contributed by atoms with E-state index in [1.165, 1.54) is 6.07 Å². The summed E-state index contributed by atoms with van der Waals surface area (Å²) in [5, 5.41) is 3.28. The predicted octanol–water partition coefficient (Wildman–Crippen LogP) is 5.62. The van der Waals surface area contributed by atoms with E-state index in [4.69, 9.17) is 10.5 Å². The lowest BCUT2D eigenvalue weighted by Crippen LogP contribution is -2.59. The number of nitrogens with two attached hydrogens (primary N) is 1. The maximum absolute atomic E-state index is 16.4. The Morgan fingerprint density at radius 3 is 2.70 bits per heavy atom. The molecule has 7 rings (SSSR count). The molecule has 3 aromatic rings. The number of rotatable bonds is 6. The number of alkyl halides is 4. The van der Waals surface area contributed by atoms with Crippen LogP contribution in [0, 0.1) is 11.6 Å². The number of pyridine rings is 1. The molecule has 6 heterocycles. The van der Waals surface area contributed by atoms with Crippen LogP contribution in [0.1, 0.15) is 37.7 Å². The average Bonchev–Trinajstić information content (AvgIpc) is 3.58. The molecule has 16 heteroatoms. The van der Waals surface area contributed by atoms with Crippen LogP contribution in [-0.2, 0) is 6.18 Å². The van der Waals surface area contributed by atoms with Gasteiger partial charge in [-0.15, -0.1) is 0 Å². The summed E-state index contributed by atoms with van der Waals surface area (Å²) in [6, 6.07) is 2.15. The van der Waals surface area contributed by atoms with Crippen molar-refractivity contribution in [3.05, 3.63) is 47.6 Å². The number of halogens is 8. The zero-order chi connectivity index (χ0) is 32.6. The second-order valence-electron chi connectivity index (χ2n) is 12.6. The first-order chi connectivity index (χ1) is 21.8. The molecular formula is C30H29F8N7O. The van der Waals surface area contributed by atoms with Gasteiger partial charge in [-0.1, -0.05) is 0 Å². The number of hydrogen-bond donors (Lipinski definition) is 2. The fourth-order valence-electron chi connectivity index (χ4n) is 7.70. The van der Waals surface area contributed by atoms with Crippen LogP contribution < -0.4 is 20.7 Å². The first kappa shape index (κ1) is 30.8. The van der Waals surface area contributed by atoms with Crippen LogP contribution in [0.2, 0.25) is 0 Å². The van der Waals surface area contributed by atoms with Gasteiger partial charge in [0.2, 0.25) is 0 Å². The monoisotopic (exact) mass is 655 g/mol. The highest BCUT2D eigenvalue weighted by Gasteiger charge is 2.50. The number of aromatic nitrogens is 3. The van der Waals surface area contributed by atoms with Gasteiger partial charge in [0.1, 0.15) is 41.3 Å². The summed E-state index contributed by atoms with van der Waals surface area (Å²) in [5.74, 6) is -3.46. The van der Waals surface area contributed by atoms with Gasteiger partial charge in [0.25, 0.3) is 6.08 Å². The summed E-state index contributed by atoms with van der Waals surface area (Å²) in [6.07, 6.45) is -4.61. The van der Waals surface area contributed by atoms with E-state index in [2.05, 4.69) is 20.3 Å². The van der Waals surface area contributed by atoms with Crippen LogP contribution in [0.3, 0.4) is 0 Å². The molecule has 0 radical (unpaired) electrons. The average molecular weight is 656 g/mol. The van der Waals surface area contributed by atoms with E-state index in [1.54, 1.807) is 4.90 Å². The predicted molar refractivity (Wildman–Crippen MR) is 152 cm³/mol. The molecule has 3 N–H and O–H groups in total. The smallest absolute Gasteiger partial charge is 0.421 e. The van der Waals surface area contributed by atoms with Gasteiger partial charge in [0.15, 0.2) is 5.82 Å². The second kappa shape index (κ2) is 10.9. The third-order valence-electron chi connectivity index (χ3n) is 9.56. The minimum absolute atomic E-state index is 0.0240. The standard InChI is InChI=1S/C30H29F8N7O/c31-15-9-29(5-1-7-45(29)11-15)14-46-27-41-25-18(26(42-27)44-12-16-4-6-28(13-44,43-16)10-20(33)34)3-2-17(23(25)35)24-22(30(36,37)38)19(32)8-21(39)40-24/h2-3,8,10,15-16,43H,1,4-7,9,11-14H2,(H2,39,40)/t15-,16+,28+,29?/m1/s1. The number of nitrogen functional groups attached to an aromatic ring is 1. The van der Waals surface area contributed by atoms with Crippen LogP contribution in [0.4, 0.5) is 46.8 Å². The molecule has 4 aliphatic heterocycles. The van der Waals surface area contributed by atoms with Crippen molar-refractivity contribution in [1.82, 2.24) is 25.2 Å². The first-order valence-corrected chi connectivity index (χ1v) is 14.9. The van der Waals surface area contributed by atoms with Crippen molar-refractivity contribution in [3.8, 4) is 17.3 Å². The molecule has 8 nitrogen and oxygen atoms in total. The highest BCUT2D eigenvalue weighted by atomic mass is 19.4. The van der Waals surface area contributed by atoms with E-state index in [0.717, 1.165) is 18.6 Å². The highest BCUT2D eigenvalue weighted by Crippen LogP contribution is 2.44. The Bertz CT molecular complexity index is 1730. The number of anilines is 2. The summed E-state index contributed by atoms with van der Waals surface area (Å²) in [7, 11) is 0. The van der Waals surface area contributed by atoms with Gasteiger partial charge in [-0.3, -0.25) is 4.90 Å². The molecule has 0 amide bonds. The molecule has 4 atom stereocenters. The Hall–Kier alpha value is -3.79. The molecule has 0 aliphatic carbocycles. The quantitative estimate of drug-likeness (QED) is 0.331. The van der Waals surface area contributed by atoms with Gasteiger partial charge >= 0.3 is 12.2 Å². The third kappa shape index (κ3) is 5.28. The van der Waals surface area contributed by atoms with Gasteiger partial charge in [0.05, 0.1) is 16.8 Å². The lowest BCUT2D eigenvalue weighted by molar-refractivity contribution is -0.139. The van der Waals surface area contributed by atoms with Crippen LogP contribution in [0.25, 0.3) is 22.2 Å². The van der Waals surface area contributed by atoms with E-state index in [9.17, 15) is 30.7 Å². The SMILES string of the molecule is Nc1cc(F)c(C(F)(F)F)c(-c2ccc3c(N4C[C@@H]5CC[C@](C=C(F)F)(C4)N5)nc(OCC45CCCN4C[C@H](F)C5)nc3c2F)n1. The number of nitrogens with zero attached hydrogens (tertiary/aromatic N) is 5. The zero-order valence-corrected chi connectivity index (χ0v) is 24.3. The van der Waals surface area contributed by atoms with Gasteiger partial charge in [-0.05, 0) is 44.4 Å². The molecule has 1 aromatic carbocycles. The van der Waals surface area contributed by atoms with Crippen LogP contribution >= 0.6 is 0 Å². The number of ether oxygens (including phenoxy) is 1. The maximum Gasteiger partial charge on any atom is 0.421 e. The lowest BCUT2D eigenvalue weighted by Gasteiger charge is -2.40. The summed E-state index contributed by atoms with van der Waals surface area (Å²) in [5.41, 5.74) is -0.166. The molecule has 0 spiro atoms. The first-order valence-electron chi connectivity index (χ1n) is 14.9. The molecule has 0 saturated carbocycles. The van der Waals surface area contributed by atoms with Gasteiger partial charge in [-0.25, -0.2) is 18.2 Å². The van der Waals surface area contributed by atoms with Crippen molar-refractivity contribution in [1.29, 1.82) is 0 Å². The molecule has 2 aromatic heterocycles. The van der Waals surface area contributed by atoms with Crippen molar-refractivity contribution >= 4 is 22.5 Å². The van der Waals surface area contributed by atoms with E-state index < -0.39 is 69.3 Å². The Morgan fingerprint density at radius 1 is 1.13 bits per heavy atom. The van der Waals surface area contributed by atoms with Gasteiger partial charge < -0.3 is 20.7 Å². The van der Waals surface area contributed by atoms with Crippen LogP contribution in [0.5, 0.6) is 6.01 Å². The Morgan fingerprint density at radius 2 is 1.93 bits per heavy atom. The van der Waals surface area contributed by atoms with Crippen molar-refractivity contribution in [2.45, 2.75) is 61.6 Å². The van der Waals surface area contributed by atoms with Crippen molar-refractivity contribution in [2.75, 3.05) is 43.4 Å². The Kier molecular flexibility index (Phi) is 7.30. The number of hydrogen-bond acceptors (Lipinski definition) is 8. The Balaban J connectivity index is 1.36. The van der Waals surface area contributed by atoms with Crippen molar-refractivity contribution in [3.63, 3.8) is 0 Å². The number of benzene rings is 1.